The molecule has 0 radical (unpaired) electrons. The molecule has 0 saturated heterocycles. The maximum atomic E-state index is 13.1. The molecule has 0 aliphatic carbocycles. The zero-order valence-corrected chi connectivity index (χ0v) is 7.90. The van der Waals surface area contributed by atoms with Crippen LogP contribution in [0.5, 0.6) is 0 Å². The van der Waals surface area contributed by atoms with Gasteiger partial charge in [-0.3, -0.25) is 9.97 Å². The summed E-state index contributed by atoms with van der Waals surface area (Å²) in [7, 11) is 1.23. The third-order valence-corrected chi connectivity index (χ3v) is 1.94. The zero-order chi connectivity index (χ0) is 10.8. The minimum atomic E-state index is -0.625. The van der Waals surface area contributed by atoms with Gasteiger partial charge in [-0.2, -0.15) is 0 Å². The predicted molar refractivity (Wildman–Crippen MR) is 50.8 cm³/mol. The Morgan fingerprint density at radius 3 is 2.80 bits per heavy atom. The first-order valence-electron chi connectivity index (χ1n) is 4.21. The highest BCUT2D eigenvalue weighted by Crippen LogP contribution is 2.16. The molecule has 2 rings (SSSR count). The number of hydrogen-bond acceptors (Lipinski definition) is 4. The van der Waals surface area contributed by atoms with Gasteiger partial charge >= 0.3 is 5.97 Å². The van der Waals surface area contributed by atoms with Gasteiger partial charge in [0.25, 0.3) is 0 Å². The van der Waals surface area contributed by atoms with Crippen molar-refractivity contribution in [1.82, 2.24) is 9.97 Å². The van der Waals surface area contributed by atoms with Crippen LogP contribution in [0.2, 0.25) is 0 Å². The van der Waals surface area contributed by atoms with Crippen molar-refractivity contribution in [1.29, 1.82) is 0 Å². The molecule has 0 unspecified atom stereocenters. The highest BCUT2D eigenvalue weighted by atomic mass is 19.1. The molecule has 0 bridgehead atoms. The Labute approximate surface area is 84.7 Å². The fourth-order valence-corrected chi connectivity index (χ4v) is 1.31. The van der Waals surface area contributed by atoms with Crippen LogP contribution in [0.4, 0.5) is 4.39 Å². The van der Waals surface area contributed by atoms with Crippen LogP contribution in [0.25, 0.3) is 11.0 Å². The first-order valence-corrected chi connectivity index (χ1v) is 4.21. The van der Waals surface area contributed by atoms with E-state index < -0.39 is 11.8 Å². The number of benzene rings is 1. The van der Waals surface area contributed by atoms with E-state index in [-0.39, 0.29) is 5.56 Å². The van der Waals surface area contributed by atoms with Crippen molar-refractivity contribution in [3.05, 3.63) is 35.9 Å². The molecule has 76 valence electrons. The fraction of sp³-hybridized carbons (Fsp3) is 0.100. The van der Waals surface area contributed by atoms with Gasteiger partial charge in [-0.1, -0.05) is 0 Å². The van der Waals surface area contributed by atoms with Crippen molar-refractivity contribution in [3.63, 3.8) is 0 Å². The summed E-state index contributed by atoms with van der Waals surface area (Å²) in [4.78, 5) is 19.2. The molecule has 0 saturated carbocycles. The van der Waals surface area contributed by atoms with Crippen LogP contribution in [-0.4, -0.2) is 23.0 Å². The Balaban J connectivity index is 2.76. The largest absolute Gasteiger partial charge is 0.465 e. The van der Waals surface area contributed by atoms with Gasteiger partial charge in [0.15, 0.2) is 0 Å². The predicted octanol–water partition coefficient (Wildman–Crippen LogP) is 1.56. The van der Waals surface area contributed by atoms with Gasteiger partial charge in [0, 0.05) is 18.5 Å². The van der Waals surface area contributed by atoms with E-state index in [1.54, 1.807) is 0 Å². The van der Waals surface area contributed by atoms with E-state index in [0.29, 0.717) is 11.0 Å². The summed E-state index contributed by atoms with van der Waals surface area (Å²) in [5, 5.41) is 0. The normalized spacial score (nSPS) is 10.3. The molecule has 1 heterocycles. The fourth-order valence-electron chi connectivity index (χ4n) is 1.31. The lowest BCUT2D eigenvalue weighted by molar-refractivity contribution is 0.0602. The Hall–Kier alpha value is -2.04. The first kappa shape index (κ1) is 9.51. The van der Waals surface area contributed by atoms with E-state index in [4.69, 9.17) is 0 Å². The van der Waals surface area contributed by atoms with Crippen LogP contribution < -0.4 is 0 Å². The molecule has 1 aromatic heterocycles. The summed E-state index contributed by atoms with van der Waals surface area (Å²) in [5.41, 5.74) is 0.754. The Morgan fingerprint density at radius 1 is 1.33 bits per heavy atom. The molecular formula is C10H7FN2O2. The number of nitrogens with zero attached hydrogens (tertiary/aromatic N) is 2. The van der Waals surface area contributed by atoms with Gasteiger partial charge in [-0.25, -0.2) is 9.18 Å². The van der Waals surface area contributed by atoms with Gasteiger partial charge in [0.05, 0.1) is 18.2 Å². The van der Waals surface area contributed by atoms with Crippen LogP contribution in [0.3, 0.4) is 0 Å². The molecule has 15 heavy (non-hydrogen) atoms. The summed E-state index contributed by atoms with van der Waals surface area (Å²) in [5.74, 6) is -1.16. The highest BCUT2D eigenvalue weighted by molar-refractivity contribution is 6.01. The molecule has 5 heteroatoms. The van der Waals surface area contributed by atoms with Crippen molar-refractivity contribution in [2.75, 3.05) is 7.11 Å². The second kappa shape index (κ2) is 3.61. The Kier molecular flexibility index (Phi) is 2.29. The molecule has 0 aliphatic rings. The van der Waals surface area contributed by atoms with Crippen molar-refractivity contribution in [3.8, 4) is 0 Å². The van der Waals surface area contributed by atoms with Gasteiger partial charge < -0.3 is 4.74 Å². The second-order valence-electron chi connectivity index (χ2n) is 2.87. The average Bonchev–Trinajstić information content (AvgIpc) is 2.26. The van der Waals surface area contributed by atoms with E-state index in [1.165, 1.54) is 25.6 Å². The number of aromatic nitrogens is 2. The summed E-state index contributed by atoms with van der Waals surface area (Å²) >= 11 is 0. The average molecular weight is 206 g/mol. The molecule has 0 spiro atoms. The van der Waals surface area contributed by atoms with E-state index in [1.807, 2.05) is 0 Å². The van der Waals surface area contributed by atoms with Crippen LogP contribution in [0, 0.1) is 5.82 Å². The number of carbonyl (C=O) groups is 1. The van der Waals surface area contributed by atoms with Crippen LogP contribution in [0.1, 0.15) is 10.4 Å². The quantitative estimate of drug-likeness (QED) is 0.664. The van der Waals surface area contributed by atoms with Gasteiger partial charge in [-0.05, 0) is 6.07 Å². The molecule has 0 fully saturated rings. The molecule has 4 nitrogen and oxygen atoms in total. The minimum absolute atomic E-state index is 0.0839. The van der Waals surface area contributed by atoms with Crippen molar-refractivity contribution >= 4 is 17.0 Å². The number of carbonyl (C=O) groups excluding carboxylic acids is 1. The Morgan fingerprint density at radius 2 is 2.07 bits per heavy atom. The number of rotatable bonds is 1. The lowest BCUT2D eigenvalue weighted by atomic mass is 10.1. The molecule has 0 aliphatic heterocycles. The first-order chi connectivity index (χ1) is 7.22. The van der Waals surface area contributed by atoms with Crippen molar-refractivity contribution in [2.24, 2.45) is 0 Å². The van der Waals surface area contributed by atoms with Crippen LogP contribution in [0.15, 0.2) is 24.5 Å². The van der Waals surface area contributed by atoms with Crippen molar-refractivity contribution in [2.45, 2.75) is 0 Å². The molecule has 0 amide bonds. The summed E-state index contributed by atoms with van der Waals surface area (Å²) in [6.45, 7) is 0. The second-order valence-corrected chi connectivity index (χ2v) is 2.87. The Bertz CT molecular complexity index is 528. The van der Waals surface area contributed by atoms with E-state index in [2.05, 4.69) is 14.7 Å². The third-order valence-electron chi connectivity index (χ3n) is 1.94. The topological polar surface area (TPSA) is 52.1 Å². The molecular weight excluding hydrogens is 199 g/mol. The standard InChI is InChI=1S/C10H7FN2O2/c1-15-10(14)7-4-6(11)5-8-9(7)13-3-2-12-8/h2-5H,1H3. The van der Waals surface area contributed by atoms with Crippen LogP contribution >= 0.6 is 0 Å². The van der Waals surface area contributed by atoms with Gasteiger partial charge in [0.2, 0.25) is 0 Å². The SMILES string of the molecule is COC(=O)c1cc(F)cc2nccnc12. The van der Waals surface area contributed by atoms with E-state index >= 15 is 0 Å². The monoisotopic (exact) mass is 206 g/mol. The number of fused-ring (bicyclic) bond motifs is 1. The van der Waals surface area contributed by atoms with Crippen LogP contribution in [-0.2, 0) is 4.74 Å². The molecule has 0 N–H and O–H groups in total. The molecule has 2 aromatic rings. The lowest BCUT2D eigenvalue weighted by Gasteiger charge is -2.03. The number of hydrogen-bond donors (Lipinski definition) is 0. The van der Waals surface area contributed by atoms with Gasteiger partial charge in [0.1, 0.15) is 11.3 Å². The van der Waals surface area contributed by atoms with E-state index in [9.17, 15) is 9.18 Å². The molecule has 0 atom stereocenters. The van der Waals surface area contributed by atoms with Gasteiger partial charge in [-0.15, -0.1) is 0 Å². The summed E-state index contributed by atoms with van der Waals surface area (Å²) < 4.78 is 17.6. The van der Waals surface area contributed by atoms with Crippen molar-refractivity contribution < 1.29 is 13.9 Å². The number of esters is 1. The number of halogens is 1. The minimum Gasteiger partial charge on any atom is -0.465 e. The maximum Gasteiger partial charge on any atom is 0.340 e. The lowest BCUT2D eigenvalue weighted by Crippen LogP contribution is -2.04. The highest BCUT2D eigenvalue weighted by Gasteiger charge is 2.13. The number of ether oxygens (including phenoxy) is 1. The third kappa shape index (κ3) is 1.63. The zero-order valence-electron chi connectivity index (χ0n) is 7.90. The maximum absolute atomic E-state index is 13.1. The summed E-state index contributed by atoms with van der Waals surface area (Å²) in [6.07, 6.45) is 2.87. The summed E-state index contributed by atoms with van der Waals surface area (Å²) in [6, 6.07) is 2.30. The van der Waals surface area contributed by atoms with E-state index in [0.717, 1.165) is 6.07 Å². The smallest absolute Gasteiger partial charge is 0.340 e. The molecule has 1 aromatic carbocycles. The number of methoxy groups -OCH3 is 1.